The molecule has 0 spiro atoms. The van der Waals surface area contributed by atoms with Crippen LogP contribution in [0.2, 0.25) is 0 Å². The first-order valence-corrected chi connectivity index (χ1v) is 15.1. The standard InChI is InChI=1S/C45H30N4/c1-5-16-31(17-6-1)35-28-29-41-39(30-35)37-24-13-14-27-40(37)49(41)42-36(32-18-7-2-8-19-32)25-15-26-38(42)45-47-43(33-20-9-3-10-21-33)46-44(48-45)34-22-11-4-12-23-34/h1-30H/i1D,3D,5D,6D,9D,10D,13D,14D,16D,17D,20D,21D,24D,27D,28D,29D,30D. The van der Waals surface area contributed by atoms with Gasteiger partial charge in [-0.25, -0.2) is 15.0 Å². The highest BCUT2D eigenvalue weighted by Crippen LogP contribution is 2.42. The number of hydrogen-bond donors (Lipinski definition) is 0. The van der Waals surface area contributed by atoms with Crippen molar-refractivity contribution in [3.8, 4) is 62.1 Å². The number of hydrogen-bond acceptors (Lipinski definition) is 3. The van der Waals surface area contributed by atoms with Crippen molar-refractivity contribution < 1.29 is 23.3 Å². The molecule has 0 aliphatic carbocycles. The minimum Gasteiger partial charge on any atom is -0.308 e. The van der Waals surface area contributed by atoms with Crippen LogP contribution in [0.25, 0.3) is 83.9 Å². The quantitative estimate of drug-likeness (QED) is 0.181. The number of benzene rings is 7. The summed E-state index contributed by atoms with van der Waals surface area (Å²) in [5.74, 6) is -0.426. The third-order valence-corrected chi connectivity index (χ3v) is 7.88. The van der Waals surface area contributed by atoms with E-state index < -0.39 is 114 Å². The van der Waals surface area contributed by atoms with Crippen LogP contribution in [0.1, 0.15) is 23.3 Å². The number of nitrogens with zero attached hydrogens (tertiary/aromatic N) is 4. The first-order valence-electron chi connectivity index (χ1n) is 23.6. The van der Waals surface area contributed by atoms with E-state index in [1.54, 1.807) is 78.9 Å². The fraction of sp³-hybridized carbons (Fsp3) is 0. The summed E-state index contributed by atoms with van der Waals surface area (Å²) in [4.78, 5) is 14.2. The van der Waals surface area contributed by atoms with Crippen LogP contribution in [0.4, 0.5) is 0 Å². The van der Waals surface area contributed by atoms with Crippen LogP contribution in [0.15, 0.2) is 182 Å². The monoisotopic (exact) mass is 643 g/mol. The molecule has 0 radical (unpaired) electrons. The van der Waals surface area contributed by atoms with E-state index in [-0.39, 0.29) is 56.1 Å². The molecule has 0 atom stereocenters. The molecule has 0 bridgehead atoms. The van der Waals surface area contributed by atoms with Crippen LogP contribution in [-0.2, 0) is 0 Å². The third-order valence-electron chi connectivity index (χ3n) is 7.88. The van der Waals surface area contributed by atoms with Crippen molar-refractivity contribution in [3.63, 3.8) is 0 Å². The lowest BCUT2D eigenvalue weighted by molar-refractivity contribution is 1.06. The average molecular weight is 644 g/mol. The van der Waals surface area contributed by atoms with Crippen LogP contribution in [0.5, 0.6) is 0 Å². The minimum atomic E-state index is -0.752. The van der Waals surface area contributed by atoms with Gasteiger partial charge in [0.05, 0.1) is 40.0 Å². The lowest BCUT2D eigenvalue weighted by atomic mass is 9.98. The second-order valence-electron chi connectivity index (χ2n) is 10.8. The van der Waals surface area contributed by atoms with Crippen molar-refractivity contribution in [2.24, 2.45) is 0 Å². The van der Waals surface area contributed by atoms with Crippen molar-refractivity contribution in [2.75, 3.05) is 0 Å². The Morgan fingerprint density at radius 2 is 0.959 bits per heavy atom. The lowest BCUT2D eigenvalue weighted by Crippen LogP contribution is -2.05. The predicted octanol–water partition coefficient (Wildman–Crippen LogP) is 11.3. The van der Waals surface area contributed by atoms with Crippen LogP contribution in [0.3, 0.4) is 0 Å². The summed E-state index contributed by atoms with van der Waals surface area (Å²) in [6, 6.07) is 10.9. The van der Waals surface area contributed by atoms with Gasteiger partial charge >= 0.3 is 0 Å². The lowest BCUT2D eigenvalue weighted by Gasteiger charge is -2.19. The van der Waals surface area contributed by atoms with Crippen molar-refractivity contribution in [1.82, 2.24) is 19.5 Å². The van der Waals surface area contributed by atoms with E-state index in [9.17, 15) is 6.85 Å². The Morgan fingerprint density at radius 3 is 1.69 bits per heavy atom. The first-order chi connectivity index (χ1) is 31.4. The Balaban J connectivity index is 1.51. The topological polar surface area (TPSA) is 43.6 Å². The van der Waals surface area contributed by atoms with E-state index in [1.807, 2.05) is 0 Å². The number of rotatable bonds is 6. The Bertz CT molecular complexity index is 3500. The van der Waals surface area contributed by atoms with Gasteiger partial charge in [-0.1, -0.05) is 157 Å². The maximum Gasteiger partial charge on any atom is 0.166 e. The normalized spacial score (nSPS) is 16.1. The van der Waals surface area contributed by atoms with E-state index in [4.69, 9.17) is 26.4 Å². The van der Waals surface area contributed by atoms with Gasteiger partial charge in [0.25, 0.3) is 0 Å². The molecule has 0 N–H and O–H groups in total. The van der Waals surface area contributed by atoms with Crippen molar-refractivity contribution in [3.05, 3.63) is 182 Å². The third kappa shape index (κ3) is 5.16. The van der Waals surface area contributed by atoms with Gasteiger partial charge in [-0.15, -0.1) is 0 Å². The summed E-state index contributed by atoms with van der Waals surface area (Å²) in [7, 11) is 0. The molecule has 4 heteroatoms. The largest absolute Gasteiger partial charge is 0.308 e. The first kappa shape index (κ1) is 16.0. The summed E-state index contributed by atoms with van der Waals surface area (Å²) >= 11 is 0. The minimum absolute atomic E-state index is 0.0222. The molecule has 0 unspecified atom stereocenters. The Labute approximate surface area is 308 Å². The molecule has 7 aromatic carbocycles. The van der Waals surface area contributed by atoms with Crippen LogP contribution in [-0.4, -0.2) is 19.5 Å². The van der Waals surface area contributed by atoms with E-state index in [0.29, 0.717) is 16.7 Å². The zero-order valence-electron chi connectivity index (χ0n) is 42.3. The van der Waals surface area contributed by atoms with Gasteiger partial charge in [0.2, 0.25) is 0 Å². The highest BCUT2D eigenvalue weighted by atomic mass is 15.1. The fourth-order valence-corrected chi connectivity index (χ4v) is 5.74. The van der Waals surface area contributed by atoms with Gasteiger partial charge in [0, 0.05) is 33.0 Å². The molecular formula is C45H30N4. The van der Waals surface area contributed by atoms with Crippen LogP contribution >= 0.6 is 0 Å². The molecule has 0 amide bonds. The molecule has 0 aliphatic rings. The highest BCUT2D eigenvalue weighted by Gasteiger charge is 2.22. The summed E-state index contributed by atoms with van der Waals surface area (Å²) in [5, 5.41) is -0.550. The second-order valence-corrected chi connectivity index (χ2v) is 10.8. The fourth-order valence-electron chi connectivity index (χ4n) is 5.74. The van der Waals surface area contributed by atoms with E-state index in [0.717, 1.165) is 0 Å². The molecule has 9 rings (SSSR count). The number of para-hydroxylation sites is 2. The summed E-state index contributed by atoms with van der Waals surface area (Å²) in [5.41, 5.74) is -0.354. The Hall–Kier alpha value is -6.65. The van der Waals surface area contributed by atoms with Crippen molar-refractivity contribution >= 4 is 21.8 Å². The average Bonchev–Trinajstić information content (AvgIpc) is 3.69. The smallest absolute Gasteiger partial charge is 0.166 e. The van der Waals surface area contributed by atoms with Crippen molar-refractivity contribution in [2.45, 2.75) is 0 Å². The zero-order chi connectivity index (χ0) is 47.4. The summed E-state index contributed by atoms with van der Waals surface area (Å²) in [6.07, 6.45) is 0. The summed E-state index contributed by atoms with van der Waals surface area (Å²) in [6.45, 7) is 0. The molecular weight excluding hydrogens is 597 g/mol. The second kappa shape index (κ2) is 12.2. The van der Waals surface area contributed by atoms with Crippen molar-refractivity contribution in [1.29, 1.82) is 0 Å². The van der Waals surface area contributed by atoms with Gasteiger partial charge in [-0.2, -0.15) is 0 Å². The molecule has 2 heterocycles. The maximum atomic E-state index is 9.71. The van der Waals surface area contributed by atoms with E-state index >= 15 is 0 Å². The van der Waals surface area contributed by atoms with Gasteiger partial charge in [0.1, 0.15) is 0 Å². The molecule has 0 saturated heterocycles. The molecule has 49 heavy (non-hydrogen) atoms. The van der Waals surface area contributed by atoms with E-state index in [1.165, 1.54) is 4.57 Å². The number of fused-ring (bicyclic) bond motifs is 3. The molecule has 0 saturated carbocycles. The van der Waals surface area contributed by atoms with Crippen LogP contribution in [0, 0.1) is 0 Å². The number of aromatic nitrogens is 4. The zero-order valence-corrected chi connectivity index (χ0v) is 25.3. The molecule has 4 nitrogen and oxygen atoms in total. The van der Waals surface area contributed by atoms with Gasteiger partial charge in [-0.3, -0.25) is 0 Å². The molecule has 9 aromatic rings. The maximum absolute atomic E-state index is 9.71. The van der Waals surface area contributed by atoms with Gasteiger partial charge < -0.3 is 4.57 Å². The molecule has 230 valence electrons. The molecule has 0 fully saturated rings. The molecule has 0 aliphatic heterocycles. The Morgan fingerprint density at radius 1 is 0.388 bits per heavy atom. The van der Waals surface area contributed by atoms with Gasteiger partial charge in [-0.05, 0) is 40.9 Å². The SMILES string of the molecule is [2H]c1c([2H])c([2H])c(-c2nc(-c3ccccc3)nc(-c3cccc(-c4ccccc4)c3-n3c4c([2H])c([2H])c([2H])c([2H])c4c4c([2H])c(-c5c([2H])c([2H])c([2H])c([2H])c5[2H])c([2H])c([2H])c43)n2)c([2H])c1[2H]. The summed E-state index contributed by atoms with van der Waals surface area (Å²) < 4.78 is 152. The van der Waals surface area contributed by atoms with Gasteiger partial charge in [0.15, 0.2) is 17.5 Å². The Kier molecular flexibility index (Phi) is 3.97. The highest BCUT2D eigenvalue weighted by molar-refractivity contribution is 6.11. The predicted molar refractivity (Wildman–Crippen MR) is 201 cm³/mol. The molecule has 2 aromatic heterocycles. The van der Waals surface area contributed by atoms with E-state index in [2.05, 4.69) is 4.98 Å². The van der Waals surface area contributed by atoms with Crippen LogP contribution < -0.4 is 0 Å².